The van der Waals surface area contributed by atoms with E-state index in [1.807, 2.05) is 25.1 Å². The van der Waals surface area contributed by atoms with Crippen molar-refractivity contribution in [1.82, 2.24) is 0 Å². The van der Waals surface area contributed by atoms with Crippen LogP contribution in [-0.4, -0.2) is 40.6 Å². The van der Waals surface area contributed by atoms with E-state index >= 15 is 0 Å². The molecule has 1 unspecified atom stereocenters. The minimum Gasteiger partial charge on any atom is -0.497 e. The first-order valence-corrected chi connectivity index (χ1v) is 6.35. The molecule has 0 amide bonds. The molecule has 1 aromatic rings. The van der Waals surface area contributed by atoms with Crippen molar-refractivity contribution in [2.75, 3.05) is 40.6 Å². The largest absolute Gasteiger partial charge is 0.497 e. The number of methoxy groups -OCH3 is 2. The van der Waals surface area contributed by atoms with Gasteiger partial charge in [-0.2, -0.15) is 0 Å². The third-order valence-electron chi connectivity index (χ3n) is 2.71. The van der Waals surface area contributed by atoms with E-state index in [1.54, 1.807) is 14.2 Å². The van der Waals surface area contributed by atoms with Gasteiger partial charge in [0.15, 0.2) is 0 Å². The summed E-state index contributed by atoms with van der Waals surface area (Å²) < 4.78 is 21.2. The molecule has 5 nitrogen and oxygen atoms in total. The molecule has 0 aliphatic rings. The third kappa shape index (κ3) is 5.06. The zero-order chi connectivity index (χ0) is 14.1. The second-order valence-corrected chi connectivity index (χ2v) is 3.99. The van der Waals surface area contributed by atoms with Crippen molar-refractivity contribution >= 4 is 0 Å². The molecule has 0 bridgehead atoms. The highest BCUT2D eigenvalue weighted by atomic mass is 16.5. The molecular formula is C14H23NO4. The van der Waals surface area contributed by atoms with Gasteiger partial charge in [0.2, 0.25) is 0 Å². The Labute approximate surface area is 114 Å². The van der Waals surface area contributed by atoms with Crippen molar-refractivity contribution in [2.24, 2.45) is 5.73 Å². The van der Waals surface area contributed by atoms with Gasteiger partial charge in [0, 0.05) is 12.2 Å². The van der Waals surface area contributed by atoms with Crippen molar-refractivity contribution < 1.29 is 18.9 Å². The number of benzene rings is 1. The predicted molar refractivity (Wildman–Crippen MR) is 73.8 cm³/mol. The van der Waals surface area contributed by atoms with E-state index in [2.05, 4.69) is 0 Å². The number of ether oxygens (including phenoxy) is 4. The molecule has 0 spiro atoms. The Morgan fingerprint density at radius 2 is 1.84 bits per heavy atom. The van der Waals surface area contributed by atoms with Crippen LogP contribution in [0.15, 0.2) is 18.2 Å². The van der Waals surface area contributed by atoms with Crippen LogP contribution in [0.3, 0.4) is 0 Å². The Kier molecular flexibility index (Phi) is 7.25. The van der Waals surface area contributed by atoms with Gasteiger partial charge in [0.05, 0.1) is 40.1 Å². The Balaban J connectivity index is 2.56. The topological polar surface area (TPSA) is 62.9 Å². The summed E-state index contributed by atoms with van der Waals surface area (Å²) in [7, 11) is 3.24. The molecule has 2 N–H and O–H groups in total. The van der Waals surface area contributed by atoms with Crippen molar-refractivity contribution in [3.63, 3.8) is 0 Å². The minimum absolute atomic E-state index is 0.258. The van der Waals surface area contributed by atoms with Gasteiger partial charge in [-0.15, -0.1) is 0 Å². The van der Waals surface area contributed by atoms with Crippen LogP contribution in [0.4, 0.5) is 0 Å². The fourth-order valence-electron chi connectivity index (χ4n) is 1.69. The van der Waals surface area contributed by atoms with E-state index in [0.717, 1.165) is 17.1 Å². The van der Waals surface area contributed by atoms with E-state index in [-0.39, 0.29) is 6.04 Å². The second-order valence-electron chi connectivity index (χ2n) is 3.99. The highest BCUT2D eigenvalue weighted by Crippen LogP contribution is 2.28. The Bertz CT molecular complexity index is 370. The van der Waals surface area contributed by atoms with Crippen LogP contribution in [0.1, 0.15) is 18.5 Å². The Morgan fingerprint density at radius 1 is 1.11 bits per heavy atom. The van der Waals surface area contributed by atoms with Gasteiger partial charge in [-0.3, -0.25) is 0 Å². The first kappa shape index (κ1) is 15.8. The van der Waals surface area contributed by atoms with Gasteiger partial charge < -0.3 is 24.7 Å². The van der Waals surface area contributed by atoms with Crippen LogP contribution in [0.5, 0.6) is 11.5 Å². The van der Waals surface area contributed by atoms with Crippen LogP contribution < -0.4 is 15.2 Å². The molecule has 0 aromatic heterocycles. The van der Waals surface area contributed by atoms with E-state index < -0.39 is 0 Å². The molecule has 1 atom stereocenters. The average Bonchev–Trinajstić information content (AvgIpc) is 2.46. The maximum absolute atomic E-state index is 6.11. The van der Waals surface area contributed by atoms with Crippen molar-refractivity contribution in [2.45, 2.75) is 13.0 Å². The number of rotatable bonds is 9. The normalized spacial score (nSPS) is 12.2. The maximum Gasteiger partial charge on any atom is 0.123 e. The van der Waals surface area contributed by atoms with Gasteiger partial charge in [-0.1, -0.05) is 0 Å². The first-order chi connectivity index (χ1) is 9.22. The van der Waals surface area contributed by atoms with E-state index in [1.165, 1.54) is 0 Å². The smallest absolute Gasteiger partial charge is 0.123 e. The maximum atomic E-state index is 6.11. The minimum atomic E-state index is -0.258. The molecule has 19 heavy (non-hydrogen) atoms. The van der Waals surface area contributed by atoms with Gasteiger partial charge in [-0.25, -0.2) is 0 Å². The van der Waals surface area contributed by atoms with Gasteiger partial charge in [0.25, 0.3) is 0 Å². The molecule has 108 valence electrons. The van der Waals surface area contributed by atoms with Crippen LogP contribution in [0.25, 0.3) is 0 Å². The molecule has 0 aliphatic heterocycles. The molecule has 5 heteroatoms. The Morgan fingerprint density at radius 3 is 2.47 bits per heavy atom. The van der Waals surface area contributed by atoms with Crippen molar-refractivity contribution in [1.29, 1.82) is 0 Å². The third-order valence-corrected chi connectivity index (χ3v) is 2.71. The summed E-state index contributed by atoms with van der Waals surface area (Å²) in [6.45, 7) is 4.18. The van der Waals surface area contributed by atoms with Gasteiger partial charge in [-0.05, 0) is 25.1 Å². The van der Waals surface area contributed by atoms with Crippen LogP contribution in [0.2, 0.25) is 0 Å². The fourth-order valence-corrected chi connectivity index (χ4v) is 1.69. The first-order valence-electron chi connectivity index (χ1n) is 6.35. The standard InChI is InChI=1S/C14H23NO4/c1-4-18-7-8-19-10-13(15)12-9-11(16-2)5-6-14(12)17-3/h5-6,9,13H,4,7-8,10,15H2,1-3H3. The molecule has 0 heterocycles. The van der Waals surface area contributed by atoms with E-state index in [0.29, 0.717) is 26.4 Å². The van der Waals surface area contributed by atoms with Crippen molar-refractivity contribution in [3.8, 4) is 11.5 Å². The number of hydrogen-bond acceptors (Lipinski definition) is 5. The van der Waals surface area contributed by atoms with Crippen LogP contribution in [-0.2, 0) is 9.47 Å². The molecule has 1 rings (SSSR count). The highest BCUT2D eigenvalue weighted by Gasteiger charge is 2.13. The molecule has 0 saturated heterocycles. The van der Waals surface area contributed by atoms with E-state index in [4.69, 9.17) is 24.7 Å². The summed E-state index contributed by atoms with van der Waals surface area (Å²) in [5.74, 6) is 1.49. The molecule has 0 fully saturated rings. The lowest BCUT2D eigenvalue weighted by Crippen LogP contribution is -2.19. The number of nitrogens with two attached hydrogens (primary N) is 1. The average molecular weight is 269 g/mol. The van der Waals surface area contributed by atoms with Crippen LogP contribution in [0, 0.1) is 0 Å². The lowest BCUT2D eigenvalue weighted by Gasteiger charge is -2.17. The Hall–Kier alpha value is -1.30. The quantitative estimate of drug-likeness (QED) is 0.692. The lowest BCUT2D eigenvalue weighted by molar-refractivity contribution is 0.0470. The lowest BCUT2D eigenvalue weighted by atomic mass is 10.1. The molecular weight excluding hydrogens is 246 g/mol. The molecule has 0 aliphatic carbocycles. The second kappa shape index (κ2) is 8.74. The zero-order valence-electron chi connectivity index (χ0n) is 11.8. The summed E-state index contributed by atoms with van der Waals surface area (Å²) in [5.41, 5.74) is 6.98. The van der Waals surface area contributed by atoms with E-state index in [9.17, 15) is 0 Å². The monoisotopic (exact) mass is 269 g/mol. The summed E-state index contributed by atoms with van der Waals surface area (Å²) in [4.78, 5) is 0. The zero-order valence-corrected chi connectivity index (χ0v) is 11.8. The molecule has 0 radical (unpaired) electrons. The summed E-state index contributed by atoms with van der Waals surface area (Å²) in [5, 5.41) is 0. The summed E-state index contributed by atoms with van der Waals surface area (Å²) in [6, 6.07) is 5.29. The van der Waals surface area contributed by atoms with Crippen molar-refractivity contribution in [3.05, 3.63) is 23.8 Å². The molecule has 0 saturated carbocycles. The van der Waals surface area contributed by atoms with Crippen LogP contribution >= 0.6 is 0 Å². The fraction of sp³-hybridized carbons (Fsp3) is 0.571. The summed E-state index contributed by atoms with van der Waals surface area (Å²) >= 11 is 0. The summed E-state index contributed by atoms with van der Waals surface area (Å²) in [6.07, 6.45) is 0. The number of hydrogen-bond donors (Lipinski definition) is 1. The van der Waals surface area contributed by atoms with Gasteiger partial charge in [0.1, 0.15) is 11.5 Å². The van der Waals surface area contributed by atoms with Gasteiger partial charge >= 0.3 is 0 Å². The predicted octanol–water partition coefficient (Wildman–Crippen LogP) is 1.76. The highest BCUT2D eigenvalue weighted by molar-refractivity contribution is 5.42. The molecule has 1 aromatic carbocycles. The SMILES string of the molecule is CCOCCOCC(N)c1cc(OC)ccc1OC.